The molecule has 9 nitrogen and oxygen atoms in total. The highest BCUT2D eigenvalue weighted by Crippen LogP contribution is 2.48. The molecular weight excluding hydrogens is 382 g/mol. The number of rotatable bonds is 3. The Kier molecular flexibility index (Phi) is 3.87. The third-order valence-electron chi connectivity index (χ3n) is 6.23. The van der Waals surface area contributed by atoms with Crippen LogP contribution in [0.25, 0.3) is 11.0 Å². The summed E-state index contributed by atoms with van der Waals surface area (Å²) in [6.07, 6.45) is 5.77. The lowest BCUT2D eigenvalue weighted by Crippen LogP contribution is -2.44. The van der Waals surface area contributed by atoms with Crippen LogP contribution in [0.5, 0.6) is 0 Å². The normalized spacial score (nSPS) is 28.6. The van der Waals surface area contributed by atoms with Crippen molar-refractivity contribution in [3.63, 3.8) is 0 Å². The fourth-order valence-electron chi connectivity index (χ4n) is 4.87. The smallest absolute Gasteiger partial charge is 0.245 e. The van der Waals surface area contributed by atoms with E-state index in [9.17, 15) is 13.5 Å². The van der Waals surface area contributed by atoms with E-state index in [0.29, 0.717) is 24.3 Å². The minimum atomic E-state index is -3.79. The molecule has 2 aliphatic rings. The zero-order chi connectivity index (χ0) is 19.5. The summed E-state index contributed by atoms with van der Waals surface area (Å²) in [4.78, 5) is 4.45. The van der Waals surface area contributed by atoms with Crippen molar-refractivity contribution in [2.45, 2.75) is 29.8 Å². The molecule has 0 spiro atoms. The van der Waals surface area contributed by atoms with Gasteiger partial charge in [0.25, 0.3) is 0 Å². The van der Waals surface area contributed by atoms with Crippen molar-refractivity contribution in [2.24, 2.45) is 18.9 Å². The molecule has 10 heteroatoms. The van der Waals surface area contributed by atoms with Crippen LogP contribution in [0.1, 0.15) is 25.1 Å². The number of hydrogen-bond donors (Lipinski definition) is 1. The monoisotopic (exact) mass is 403 g/mol. The van der Waals surface area contributed by atoms with Crippen LogP contribution in [0.4, 0.5) is 0 Å². The molecule has 1 aliphatic heterocycles. The second-order valence-electron chi connectivity index (χ2n) is 7.75. The van der Waals surface area contributed by atoms with Crippen molar-refractivity contribution in [1.82, 2.24) is 24.2 Å². The summed E-state index contributed by atoms with van der Waals surface area (Å²) in [6.45, 7) is 0.624. The first-order chi connectivity index (χ1) is 13.4. The van der Waals surface area contributed by atoms with Gasteiger partial charge in [-0.1, -0.05) is 6.07 Å². The summed E-state index contributed by atoms with van der Waals surface area (Å²) >= 11 is 0. The molecule has 148 valence electrons. The van der Waals surface area contributed by atoms with E-state index in [1.165, 1.54) is 10.4 Å². The average molecular weight is 403 g/mol. The number of aryl methyl sites for hydroxylation is 1. The van der Waals surface area contributed by atoms with E-state index in [2.05, 4.69) is 15.3 Å². The number of aromatic nitrogens is 4. The van der Waals surface area contributed by atoms with Crippen molar-refractivity contribution in [3.05, 3.63) is 36.4 Å². The SMILES string of the molecule is Cn1ccnc1[C@]1(O)CCC[C@@H]2CN(S(=O)(=O)c3cccc4nonc34)C[C@H]21. The molecule has 1 aliphatic carbocycles. The summed E-state index contributed by atoms with van der Waals surface area (Å²) < 4.78 is 34.7. The van der Waals surface area contributed by atoms with Crippen LogP contribution in [-0.2, 0) is 22.7 Å². The van der Waals surface area contributed by atoms with Crippen LogP contribution in [0, 0.1) is 11.8 Å². The first-order valence-corrected chi connectivity index (χ1v) is 10.8. The Morgan fingerprint density at radius 3 is 2.93 bits per heavy atom. The Hall–Kier alpha value is -2.30. The summed E-state index contributed by atoms with van der Waals surface area (Å²) in [6, 6.07) is 4.82. The van der Waals surface area contributed by atoms with Crippen LogP contribution in [0.3, 0.4) is 0 Å². The number of fused-ring (bicyclic) bond motifs is 2. The van der Waals surface area contributed by atoms with Crippen molar-refractivity contribution in [1.29, 1.82) is 0 Å². The predicted molar refractivity (Wildman–Crippen MR) is 98.5 cm³/mol. The average Bonchev–Trinajstić information content (AvgIpc) is 3.40. The highest BCUT2D eigenvalue weighted by atomic mass is 32.2. The van der Waals surface area contributed by atoms with Gasteiger partial charge in [0.1, 0.15) is 21.8 Å². The molecule has 0 unspecified atom stereocenters. The zero-order valence-electron chi connectivity index (χ0n) is 15.4. The fourth-order valence-corrected chi connectivity index (χ4v) is 6.53. The highest BCUT2D eigenvalue weighted by molar-refractivity contribution is 7.89. The summed E-state index contributed by atoms with van der Waals surface area (Å²) in [5, 5.41) is 19.0. The Morgan fingerprint density at radius 1 is 1.29 bits per heavy atom. The molecule has 2 aromatic heterocycles. The van der Waals surface area contributed by atoms with Crippen LogP contribution in [-0.4, -0.2) is 50.8 Å². The molecule has 1 N–H and O–H groups in total. The van der Waals surface area contributed by atoms with Crippen molar-refractivity contribution < 1.29 is 18.2 Å². The highest BCUT2D eigenvalue weighted by Gasteiger charge is 2.53. The number of nitrogens with zero attached hydrogens (tertiary/aromatic N) is 5. The number of hydrogen-bond acceptors (Lipinski definition) is 7. The maximum absolute atomic E-state index is 13.4. The zero-order valence-corrected chi connectivity index (χ0v) is 16.2. The van der Waals surface area contributed by atoms with Crippen LogP contribution in [0.2, 0.25) is 0 Å². The summed E-state index contributed by atoms with van der Waals surface area (Å²) in [5.41, 5.74) is -0.494. The summed E-state index contributed by atoms with van der Waals surface area (Å²) in [7, 11) is -1.94. The van der Waals surface area contributed by atoms with E-state index >= 15 is 0 Å². The maximum atomic E-state index is 13.4. The molecule has 5 rings (SSSR count). The largest absolute Gasteiger partial charge is 0.382 e. The Balaban J connectivity index is 1.52. The van der Waals surface area contributed by atoms with E-state index in [1.54, 1.807) is 24.5 Å². The van der Waals surface area contributed by atoms with Crippen LogP contribution in [0.15, 0.2) is 40.1 Å². The van der Waals surface area contributed by atoms with Gasteiger partial charge < -0.3 is 9.67 Å². The topological polar surface area (TPSA) is 114 Å². The minimum absolute atomic E-state index is 0.0832. The minimum Gasteiger partial charge on any atom is -0.382 e. The van der Waals surface area contributed by atoms with Gasteiger partial charge in [-0.15, -0.1) is 0 Å². The second kappa shape index (κ2) is 6.10. The summed E-state index contributed by atoms with van der Waals surface area (Å²) in [5.74, 6) is 0.482. The first kappa shape index (κ1) is 17.8. The van der Waals surface area contributed by atoms with Crippen molar-refractivity contribution in [3.8, 4) is 0 Å². The van der Waals surface area contributed by atoms with E-state index < -0.39 is 15.6 Å². The van der Waals surface area contributed by atoms with E-state index in [4.69, 9.17) is 4.63 Å². The molecule has 1 aromatic carbocycles. The molecule has 2 fully saturated rings. The third-order valence-corrected chi connectivity index (χ3v) is 8.09. The Bertz CT molecular complexity index is 1140. The molecule has 3 atom stereocenters. The maximum Gasteiger partial charge on any atom is 0.245 e. The number of aliphatic hydroxyl groups is 1. The second-order valence-corrected chi connectivity index (χ2v) is 9.66. The number of benzene rings is 1. The number of imidazole rings is 1. The quantitative estimate of drug-likeness (QED) is 0.700. The molecule has 3 aromatic rings. The molecule has 3 heterocycles. The van der Waals surface area contributed by atoms with E-state index in [0.717, 1.165) is 12.8 Å². The molecule has 1 saturated carbocycles. The molecular formula is C18H21N5O4S. The lowest BCUT2D eigenvalue weighted by molar-refractivity contribution is -0.0728. The van der Waals surface area contributed by atoms with Crippen molar-refractivity contribution >= 4 is 21.1 Å². The number of sulfonamides is 1. The lowest BCUT2D eigenvalue weighted by atomic mass is 9.70. The lowest BCUT2D eigenvalue weighted by Gasteiger charge is -2.40. The predicted octanol–water partition coefficient (Wildman–Crippen LogP) is 1.26. The Morgan fingerprint density at radius 2 is 2.14 bits per heavy atom. The van der Waals surface area contributed by atoms with Gasteiger partial charge in [-0.2, -0.15) is 4.31 Å². The van der Waals surface area contributed by atoms with Crippen molar-refractivity contribution in [2.75, 3.05) is 13.1 Å². The van der Waals surface area contributed by atoms with Gasteiger partial charge in [0, 0.05) is 38.4 Å². The van der Waals surface area contributed by atoms with Crippen LogP contribution >= 0.6 is 0 Å². The fraction of sp³-hybridized carbons (Fsp3) is 0.500. The third kappa shape index (κ3) is 2.44. The van der Waals surface area contributed by atoms with Crippen LogP contribution < -0.4 is 0 Å². The molecule has 0 amide bonds. The van der Waals surface area contributed by atoms with Gasteiger partial charge in [-0.3, -0.25) is 0 Å². The van der Waals surface area contributed by atoms with Gasteiger partial charge >= 0.3 is 0 Å². The van der Waals surface area contributed by atoms with Gasteiger partial charge in [-0.25, -0.2) is 18.0 Å². The molecule has 1 saturated heterocycles. The molecule has 0 radical (unpaired) electrons. The van der Waals surface area contributed by atoms with Gasteiger partial charge in [0.2, 0.25) is 10.0 Å². The standard InChI is InChI=1S/C18H21N5O4S/c1-22-9-8-19-17(22)18(24)7-3-4-12-10-23(11-13(12)18)28(25,26)15-6-2-5-14-16(15)21-27-20-14/h2,5-6,8-9,12-13,24H,3-4,7,10-11H2,1H3/t12-,13-,18+/m1/s1. The van der Waals surface area contributed by atoms with Gasteiger partial charge in [0.05, 0.1) is 0 Å². The van der Waals surface area contributed by atoms with Gasteiger partial charge in [-0.05, 0) is 47.6 Å². The van der Waals surface area contributed by atoms with Gasteiger partial charge in [0.15, 0.2) is 5.52 Å². The Labute approximate surface area is 162 Å². The molecule has 28 heavy (non-hydrogen) atoms. The molecule has 0 bridgehead atoms. The van der Waals surface area contributed by atoms with E-state index in [1.807, 2.05) is 11.6 Å². The first-order valence-electron chi connectivity index (χ1n) is 9.33. The van der Waals surface area contributed by atoms with E-state index in [-0.39, 0.29) is 28.8 Å².